The van der Waals surface area contributed by atoms with Crippen molar-refractivity contribution >= 4 is 18.0 Å². The average Bonchev–Trinajstić information content (AvgIpc) is 3.57. The first kappa shape index (κ1) is 26.5. The number of ether oxygens (including phenoxy) is 3. The number of alkyl carbamates (subject to hydrolysis) is 1. The van der Waals surface area contributed by atoms with E-state index < -0.39 is 24.0 Å². The summed E-state index contributed by atoms with van der Waals surface area (Å²) in [5.74, 6) is -1.25. The number of nitrogens with zero attached hydrogens (tertiary/aromatic N) is 2. The molecule has 10 heteroatoms. The van der Waals surface area contributed by atoms with Gasteiger partial charge in [0, 0.05) is 18.5 Å². The molecule has 1 atom stereocenters. The minimum absolute atomic E-state index is 0.0517. The van der Waals surface area contributed by atoms with Gasteiger partial charge in [-0.15, -0.1) is 0 Å². The Morgan fingerprint density at radius 3 is 2.10 bits per heavy atom. The van der Waals surface area contributed by atoms with E-state index in [-0.39, 0.29) is 30.2 Å². The summed E-state index contributed by atoms with van der Waals surface area (Å²) in [4.78, 5) is 41.9. The molecule has 0 spiro atoms. The van der Waals surface area contributed by atoms with Gasteiger partial charge in [0.05, 0.1) is 19.9 Å². The first-order valence-corrected chi connectivity index (χ1v) is 12.5. The van der Waals surface area contributed by atoms with Crippen LogP contribution >= 0.6 is 0 Å². The highest BCUT2D eigenvalue weighted by atomic mass is 16.5. The molecule has 1 aliphatic rings. The lowest BCUT2D eigenvalue weighted by Crippen LogP contribution is -2.43. The van der Waals surface area contributed by atoms with Crippen LogP contribution in [0, 0.1) is 0 Å². The van der Waals surface area contributed by atoms with E-state index in [0.29, 0.717) is 11.5 Å². The summed E-state index contributed by atoms with van der Waals surface area (Å²) in [5.41, 5.74) is 4.76. The van der Waals surface area contributed by atoms with Crippen LogP contribution in [0.5, 0.6) is 11.5 Å². The predicted molar refractivity (Wildman–Crippen MR) is 145 cm³/mol. The third-order valence-electron chi connectivity index (χ3n) is 6.86. The van der Waals surface area contributed by atoms with Gasteiger partial charge in [-0.1, -0.05) is 54.6 Å². The molecule has 0 fully saturated rings. The Morgan fingerprint density at radius 1 is 0.925 bits per heavy atom. The number of carbonyl (C=O) groups is 3. The highest BCUT2D eigenvalue weighted by Crippen LogP contribution is 2.44. The zero-order chi connectivity index (χ0) is 28.2. The Morgan fingerprint density at radius 2 is 1.52 bits per heavy atom. The van der Waals surface area contributed by atoms with Crippen LogP contribution in [0.3, 0.4) is 0 Å². The first-order chi connectivity index (χ1) is 19.4. The molecular formula is C30H27N3O7. The van der Waals surface area contributed by atoms with Crippen molar-refractivity contribution in [3.8, 4) is 22.6 Å². The standard InChI is InChI=1S/C30H27N3O7/c1-38-25-12-7-13-26(39-2)27(25)28(34)33-15-18(31-17-33)14-24(29(35)36)32-30(37)40-16-23-21-10-5-3-8-19(21)20-9-4-6-11-22(20)23/h3-13,15,17,23-24H,14,16H2,1-2H3,(H,32,37)(H,35,36). The van der Waals surface area contributed by atoms with Crippen molar-refractivity contribution in [1.29, 1.82) is 0 Å². The molecule has 3 aromatic carbocycles. The molecule has 1 unspecified atom stereocenters. The largest absolute Gasteiger partial charge is 0.496 e. The van der Waals surface area contributed by atoms with E-state index in [1.165, 1.54) is 31.3 Å². The number of hydrogen-bond acceptors (Lipinski definition) is 7. The fraction of sp³-hybridized carbons (Fsp3) is 0.200. The van der Waals surface area contributed by atoms with Gasteiger partial charge in [-0.3, -0.25) is 9.36 Å². The maximum absolute atomic E-state index is 13.2. The molecule has 5 rings (SSSR count). The fourth-order valence-corrected chi connectivity index (χ4v) is 4.96. The summed E-state index contributed by atoms with van der Waals surface area (Å²) in [7, 11) is 2.88. The molecular weight excluding hydrogens is 514 g/mol. The van der Waals surface area contributed by atoms with E-state index in [1.807, 2.05) is 48.5 Å². The minimum Gasteiger partial charge on any atom is -0.496 e. The van der Waals surface area contributed by atoms with Crippen LogP contribution in [0.1, 0.15) is 33.1 Å². The number of benzene rings is 3. The van der Waals surface area contributed by atoms with Crippen molar-refractivity contribution in [2.45, 2.75) is 18.4 Å². The first-order valence-electron chi connectivity index (χ1n) is 12.5. The molecule has 0 saturated carbocycles. The highest BCUT2D eigenvalue weighted by molar-refractivity contribution is 6.01. The van der Waals surface area contributed by atoms with Gasteiger partial charge in [-0.25, -0.2) is 14.6 Å². The highest BCUT2D eigenvalue weighted by Gasteiger charge is 2.30. The van der Waals surface area contributed by atoms with Crippen molar-refractivity contribution in [2.75, 3.05) is 20.8 Å². The maximum Gasteiger partial charge on any atom is 0.407 e. The normalized spacial score (nSPS) is 12.7. The van der Waals surface area contributed by atoms with E-state index in [2.05, 4.69) is 10.3 Å². The second-order valence-electron chi connectivity index (χ2n) is 9.18. The Hall–Kier alpha value is -5.12. The number of methoxy groups -OCH3 is 2. The van der Waals surface area contributed by atoms with Gasteiger partial charge < -0.3 is 24.6 Å². The number of nitrogens with one attached hydrogen (secondary N) is 1. The fourth-order valence-electron chi connectivity index (χ4n) is 4.96. The Labute approximate surface area is 230 Å². The van der Waals surface area contributed by atoms with Crippen molar-refractivity contribution in [2.24, 2.45) is 0 Å². The van der Waals surface area contributed by atoms with Gasteiger partial charge in [0.15, 0.2) is 0 Å². The number of fused-ring (bicyclic) bond motifs is 3. The maximum atomic E-state index is 13.2. The molecule has 0 bridgehead atoms. The van der Waals surface area contributed by atoms with Crippen molar-refractivity contribution in [3.05, 3.63) is 102 Å². The van der Waals surface area contributed by atoms with E-state index in [0.717, 1.165) is 22.3 Å². The molecule has 1 aromatic heterocycles. The Kier molecular flexibility index (Phi) is 7.50. The van der Waals surface area contributed by atoms with E-state index in [9.17, 15) is 19.5 Å². The summed E-state index contributed by atoms with van der Waals surface area (Å²) < 4.78 is 17.3. The summed E-state index contributed by atoms with van der Waals surface area (Å²) in [6.45, 7) is 0.0517. The molecule has 204 valence electrons. The second kappa shape index (κ2) is 11.3. The molecule has 4 aromatic rings. The zero-order valence-electron chi connectivity index (χ0n) is 21.9. The van der Waals surface area contributed by atoms with Gasteiger partial charge in [0.2, 0.25) is 0 Å². The van der Waals surface area contributed by atoms with Crippen molar-refractivity contribution in [3.63, 3.8) is 0 Å². The number of hydrogen-bond donors (Lipinski definition) is 2. The second-order valence-corrected chi connectivity index (χ2v) is 9.18. The third-order valence-corrected chi connectivity index (χ3v) is 6.86. The number of amides is 1. The van der Waals surface area contributed by atoms with Crippen molar-refractivity contribution < 1.29 is 33.7 Å². The lowest BCUT2D eigenvalue weighted by molar-refractivity contribution is -0.139. The molecule has 1 heterocycles. The van der Waals surface area contributed by atoms with Gasteiger partial charge in [-0.2, -0.15) is 0 Å². The lowest BCUT2D eigenvalue weighted by atomic mass is 9.98. The zero-order valence-corrected chi connectivity index (χ0v) is 21.9. The predicted octanol–water partition coefficient (Wildman–Crippen LogP) is 4.12. The van der Waals surface area contributed by atoms with Gasteiger partial charge in [-0.05, 0) is 34.4 Å². The topological polar surface area (TPSA) is 129 Å². The number of rotatable bonds is 9. The van der Waals surface area contributed by atoms with Crippen molar-refractivity contribution in [1.82, 2.24) is 14.9 Å². The Balaban J connectivity index is 1.25. The minimum atomic E-state index is -1.32. The van der Waals surface area contributed by atoms with Gasteiger partial charge in [0.1, 0.15) is 36.0 Å². The number of aliphatic carboxylic acids is 1. The van der Waals surface area contributed by atoms with E-state index in [4.69, 9.17) is 14.2 Å². The molecule has 1 amide bonds. The van der Waals surface area contributed by atoms with Gasteiger partial charge >= 0.3 is 12.1 Å². The smallest absolute Gasteiger partial charge is 0.407 e. The van der Waals surface area contributed by atoms with Crippen LogP contribution in [0.4, 0.5) is 4.79 Å². The molecule has 0 saturated heterocycles. The molecule has 40 heavy (non-hydrogen) atoms. The van der Waals surface area contributed by atoms with E-state index >= 15 is 0 Å². The van der Waals surface area contributed by atoms with E-state index in [1.54, 1.807) is 18.2 Å². The molecule has 2 N–H and O–H groups in total. The summed E-state index contributed by atoms with van der Waals surface area (Å²) in [6.07, 6.45) is 1.66. The monoisotopic (exact) mass is 541 g/mol. The molecule has 10 nitrogen and oxygen atoms in total. The van der Waals surface area contributed by atoms with Crippen LogP contribution < -0.4 is 14.8 Å². The summed E-state index contributed by atoms with van der Waals surface area (Å²) >= 11 is 0. The number of aromatic nitrogens is 2. The Bertz CT molecular complexity index is 1510. The quantitative estimate of drug-likeness (QED) is 0.324. The van der Waals surface area contributed by atoms with Crippen LogP contribution in [-0.4, -0.2) is 59.5 Å². The van der Waals surface area contributed by atoms with Gasteiger partial charge in [0.25, 0.3) is 5.91 Å². The number of carbonyl (C=O) groups excluding carboxylic acids is 2. The van der Waals surface area contributed by atoms with Crippen LogP contribution in [0.25, 0.3) is 11.1 Å². The summed E-state index contributed by atoms with van der Waals surface area (Å²) in [6, 6.07) is 19.5. The van der Waals surface area contributed by atoms with Crippen LogP contribution in [0.2, 0.25) is 0 Å². The summed E-state index contributed by atoms with van der Waals surface area (Å²) in [5, 5.41) is 12.2. The molecule has 0 aliphatic heterocycles. The number of carboxylic acid groups (broad SMARTS) is 1. The lowest BCUT2D eigenvalue weighted by Gasteiger charge is -2.17. The van der Waals surface area contributed by atoms with Crippen LogP contribution in [0.15, 0.2) is 79.3 Å². The molecule has 0 radical (unpaired) electrons. The SMILES string of the molecule is COc1cccc(OC)c1C(=O)n1cnc(CC(NC(=O)OCC2c3ccccc3-c3ccccc32)C(=O)O)c1. The number of carboxylic acids is 1. The third kappa shape index (κ3) is 5.11. The number of imidazole rings is 1. The average molecular weight is 542 g/mol. The van der Waals surface area contributed by atoms with Crippen LogP contribution in [-0.2, 0) is 16.0 Å². The molecule has 1 aliphatic carbocycles.